The average Bonchev–Trinajstić information content (AvgIpc) is 3.39. The molecule has 4 rings (SSSR count). The fourth-order valence-electron chi connectivity index (χ4n) is 3.98. The smallest absolute Gasteiger partial charge is 0.248 e. The fraction of sp³-hybridized carbons (Fsp3) is 0.348. The minimum Gasteiger partial charge on any atom is -0.351 e. The highest BCUT2D eigenvalue weighted by Gasteiger charge is 2.38. The summed E-state index contributed by atoms with van der Waals surface area (Å²) in [6.07, 6.45) is 5.69. The van der Waals surface area contributed by atoms with Crippen LogP contribution in [-0.4, -0.2) is 44.6 Å². The molecule has 1 atom stereocenters. The Morgan fingerprint density at radius 3 is 2.38 bits per heavy atom. The molecule has 0 unspecified atom stereocenters. The normalized spacial score (nSPS) is 16.6. The van der Waals surface area contributed by atoms with E-state index in [1.807, 2.05) is 12.1 Å². The minimum atomic E-state index is -2.71. The largest absolute Gasteiger partial charge is 0.351 e. The molecule has 34 heavy (non-hydrogen) atoms. The Hall–Kier alpha value is -2.98. The number of thiazole rings is 1. The summed E-state index contributed by atoms with van der Waals surface area (Å²) in [5.41, 5.74) is 3.48. The summed E-state index contributed by atoms with van der Waals surface area (Å²) >= 11 is 7.41. The lowest BCUT2D eigenvalue weighted by atomic mass is 9.92. The fourth-order valence-corrected chi connectivity index (χ4v) is 4.74. The number of benzene rings is 1. The first-order valence-electron chi connectivity index (χ1n) is 10.7. The van der Waals surface area contributed by atoms with Gasteiger partial charge in [-0.1, -0.05) is 12.1 Å². The molecule has 0 saturated heterocycles. The van der Waals surface area contributed by atoms with E-state index in [0.29, 0.717) is 11.3 Å². The number of alkyl halides is 3. The van der Waals surface area contributed by atoms with Gasteiger partial charge in [-0.15, -0.1) is 22.9 Å². The lowest BCUT2D eigenvalue weighted by Crippen LogP contribution is -2.48. The van der Waals surface area contributed by atoms with E-state index in [-0.39, 0.29) is 31.6 Å². The molecule has 2 amide bonds. The first-order chi connectivity index (χ1) is 16.4. The van der Waals surface area contributed by atoms with Crippen molar-refractivity contribution in [2.75, 3.05) is 10.8 Å². The van der Waals surface area contributed by atoms with E-state index in [0.717, 1.165) is 10.4 Å². The standard InChI is InChI=1S/C23H22ClF2N5O2S/c24-9-20(32)31(18-3-1-15(2-4-18)19-12-29-14-34-19)21(16-10-27-13-28-11-16)22(33)30-17-5-7-23(25,26)8-6-17/h1-4,10-14,17,21H,5-9H2,(H,30,33)/t21-/m0/s1. The monoisotopic (exact) mass is 505 g/mol. The number of aromatic nitrogens is 3. The quantitative estimate of drug-likeness (QED) is 0.474. The molecule has 1 N–H and O–H groups in total. The second kappa shape index (κ2) is 10.5. The predicted octanol–water partition coefficient (Wildman–Crippen LogP) is 4.61. The average molecular weight is 506 g/mol. The summed E-state index contributed by atoms with van der Waals surface area (Å²) in [5.74, 6) is -4.07. The van der Waals surface area contributed by atoms with E-state index in [9.17, 15) is 18.4 Å². The third-order valence-electron chi connectivity index (χ3n) is 5.71. The van der Waals surface area contributed by atoms with Gasteiger partial charge in [-0.25, -0.2) is 18.7 Å². The Morgan fingerprint density at radius 2 is 1.79 bits per heavy atom. The SMILES string of the molecule is O=C(NC1CCC(F)(F)CC1)[C@H](c1cncnc1)N(C(=O)CCl)c1ccc(-c2cncs2)cc1. The van der Waals surface area contributed by atoms with Crippen molar-refractivity contribution in [1.29, 1.82) is 0 Å². The molecule has 0 aliphatic heterocycles. The number of halogens is 3. The van der Waals surface area contributed by atoms with Crippen LogP contribution >= 0.6 is 22.9 Å². The van der Waals surface area contributed by atoms with Gasteiger partial charge in [0.2, 0.25) is 17.7 Å². The van der Waals surface area contributed by atoms with Crippen LogP contribution in [0.25, 0.3) is 10.4 Å². The first kappa shape index (κ1) is 24.2. The maximum atomic E-state index is 13.6. The highest BCUT2D eigenvalue weighted by Crippen LogP contribution is 2.34. The van der Waals surface area contributed by atoms with Crippen LogP contribution in [-0.2, 0) is 9.59 Å². The van der Waals surface area contributed by atoms with Crippen LogP contribution in [0.3, 0.4) is 0 Å². The molecule has 1 aliphatic carbocycles. The van der Waals surface area contributed by atoms with E-state index >= 15 is 0 Å². The molecule has 0 radical (unpaired) electrons. The van der Waals surface area contributed by atoms with Gasteiger partial charge in [0.1, 0.15) is 18.2 Å². The van der Waals surface area contributed by atoms with Crippen LogP contribution in [0.15, 0.2) is 54.7 Å². The van der Waals surface area contributed by atoms with Crippen LogP contribution in [0.1, 0.15) is 37.3 Å². The van der Waals surface area contributed by atoms with Crippen molar-refractivity contribution in [3.8, 4) is 10.4 Å². The lowest BCUT2D eigenvalue weighted by Gasteiger charge is -2.34. The van der Waals surface area contributed by atoms with Gasteiger partial charge < -0.3 is 5.32 Å². The molecule has 0 bridgehead atoms. The Morgan fingerprint density at radius 1 is 1.12 bits per heavy atom. The molecule has 1 saturated carbocycles. The first-order valence-corrected chi connectivity index (χ1v) is 12.1. The molecule has 2 heterocycles. The molecule has 1 aromatic carbocycles. The van der Waals surface area contributed by atoms with Crippen molar-refractivity contribution in [3.63, 3.8) is 0 Å². The van der Waals surface area contributed by atoms with Gasteiger partial charge in [-0.3, -0.25) is 19.5 Å². The summed E-state index contributed by atoms with van der Waals surface area (Å²) in [6, 6.07) is 5.58. The van der Waals surface area contributed by atoms with Crippen molar-refractivity contribution in [1.82, 2.24) is 20.3 Å². The zero-order chi connectivity index (χ0) is 24.1. The minimum absolute atomic E-state index is 0.156. The third-order valence-corrected chi connectivity index (χ3v) is 6.76. The van der Waals surface area contributed by atoms with Gasteiger partial charge in [-0.05, 0) is 30.5 Å². The van der Waals surface area contributed by atoms with E-state index in [2.05, 4.69) is 20.3 Å². The van der Waals surface area contributed by atoms with Gasteiger partial charge in [-0.2, -0.15) is 0 Å². The number of nitrogens with one attached hydrogen (secondary N) is 1. The van der Waals surface area contributed by atoms with Crippen molar-refractivity contribution in [2.24, 2.45) is 0 Å². The maximum Gasteiger partial charge on any atom is 0.248 e. The van der Waals surface area contributed by atoms with Gasteiger partial charge in [0.05, 0.1) is 10.4 Å². The van der Waals surface area contributed by atoms with Gasteiger partial charge >= 0.3 is 0 Å². The highest BCUT2D eigenvalue weighted by molar-refractivity contribution is 7.13. The number of anilines is 1. The van der Waals surface area contributed by atoms with Crippen LogP contribution in [0.5, 0.6) is 0 Å². The Kier molecular flexibility index (Phi) is 7.47. The molecule has 7 nitrogen and oxygen atoms in total. The third kappa shape index (κ3) is 5.56. The van der Waals surface area contributed by atoms with E-state index in [1.54, 1.807) is 23.8 Å². The van der Waals surface area contributed by atoms with Gasteiger partial charge in [0.15, 0.2) is 0 Å². The second-order valence-electron chi connectivity index (χ2n) is 8.02. The zero-order valence-corrected chi connectivity index (χ0v) is 19.6. The van der Waals surface area contributed by atoms with E-state index in [4.69, 9.17) is 11.6 Å². The summed E-state index contributed by atoms with van der Waals surface area (Å²) in [4.78, 5) is 40.8. The van der Waals surface area contributed by atoms with Gasteiger partial charge in [0.25, 0.3) is 0 Å². The predicted molar refractivity (Wildman–Crippen MR) is 126 cm³/mol. The number of hydrogen-bond acceptors (Lipinski definition) is 6. The lowest BCUT2D eigenvalue weighted by molar-refractivity contribution is -0.127. The molecular formula is C23H22ClF2N5O2S. The summed E-state index contributed by atoms with van der Waals surface area (Å²) in [5, 5.41) is 2.85. The molecule has 178 valence electrons. The highest BCUT2D eigenvalue weighted by atomic mass is 35.5. The van der Waals surface area contributed by atoms with E-state index < -0.39 is 29.8 Å². The Labute approximate surface area is 204 Å². The number of nitrogens with zero attached hydrogens (tertiary/aromatic N) is 4. The molecule has 3 aromatic rings. The zero-order valence-electron chi connectivity index (χ0n) is 18.0. The van der Waals surface area contributed by atoms with Crippen LogP contribution in [0.2, 0.25) is 0 Å². The summed E-state index contributed by atoms with van der Waals surface area (Å²) in [7, 11) is 0. The molecule has 2 aromatic heterocycles. The maximum absolute atomic E-state index is 13.6. The second-order valence-corrected chi connectivity index (χ2v) is 9.18. The molecule has 1 fully saturated rings. The molecule has 11 heteroatoms. The van der Waals surface area contributed by atoms with Crippen molar-refractivity contribution in [3.05, 3.63) is 60.3 Å². The topological polar surface area (TPSA) is 88.1 Å². The van der Waals surface area contributed by atoms with Crippen LogP contribution < -0.4 is 10.2 Å². The summed E-state index contributed by atoms with van der Waals surface area (Å²) < 4.78 is 27.1. The number of carbonyl (C=O) groups excluding carboxylic acids is 2. The van der Waals surface area contributed by atoms with Gasteiger partial charge in [0, 0.05) is 48.7 Å². The number of carbonyl (C=O) groups is 2. The van der Waals surface area contributed by atoms with Crippen molar-refractivity contribution >= 4 is 40.4 Å². The Balaban J connectivity index is 1.65. The summed E-state index contributed by atoms with van der Waals surface area (Å²) in [6.45, 7) is 0. The van der Waals surface area contributed by atoms with Crippen LogP contribution in [0.4, 0.5) is 14.5 Å². The number of hydrogen-bond donors (Lipinski definition) is 1. The molecule has 1 aliphatic rings. The van der Waals surface area contributed by atoms with Crippen molar-refractivity contribution in [2.45, 2.75) is 43.7 Å². The number of rotatable bonds is 7. The molecular weight excluding hydrogens is 484 g/mol. The van der Waals surface area contributed by atoms with E-state index in [1.165, 1.54) is 35.0 Å². The Bertz CT molecular complexity index is 1110. The number of amides is 2. The van der Waals surface area contributed by atoms with Crippen LogP contribution in [0, 0.1) is 0 Å². The van der Waals surface area contributed by atoms with Crippen molar-refractivity contribution < 1.29 is 18.4 Å². The molecule has 0 spiro atoms.